The zero-order chi connectivity index (χ0) is 17.2. The van der Waals surface area contributed by atoms with Gasteiger partial charge in [0.25, 0.3) is 5.56 Å². The first-order valence-corrected chi connectivity index (χ1v) is 8.45. The first-order valence-electron chi connectivity index (χ1n) is 8.45. The maximum Gasteiger partial charge on any atom is 0.271 e. The molecule has 0 radical (unpaired) electrons. The summed E-state index contributed by atoms with van der Waals surface area (Å²) in [5, 5.41) is 3.43. The highest BCUT2D eigenvalue weighted by Gasteiger charge is 2.12. The van der Waals surface area contributed by atoms with Gasteiger partial charge in [-0.25, -0.2) is 4.68 Å². The van der Waals surface area contributed by atoms with E-state index in [1.165, 1.54) is 16.7 Å². The Morgan fingerprint density at radius 3 is 2.64 bits per heavy atom. The van der Waals surface area contributed by atoms with E-state index in [0.717, 1.165) is 24.5 Å². The standard InChI is InChI=1S/C20H21N3O2/c1-22-19(10-20(24)23(22)18-5-3-2-4-6-18)12-21-11-15-7-8-16-13-25-14-17(16)9-15/h2-10,21H,11-14H2,1H3. The van der Waals surface area contributed by atoms with Crippen LogP contribution in [-0.4, -0.2) is 9.36 Å². The SMILES string of the molecule is Cn1c(CNCc2ccc3c(c2)COC3)cc(=O)n1-c1ccccc1. The van der Waals surface area contributed by atoms with Crippen LogP contribution in [0.25, 0.3) is 5.69 Å². The normalized spacial score (nSPS) is 13.2. The second-order valence-electron chi connectivity index (χ2n) is 6.34. The molecule has 25 heavy (non-hydrogen) atoms. The van der Waals surface area contributed by atoms with Crippen LogP contribution in [0.5, 0.6) is 0 Å². The number of benzene rings is 2. The van der Waals surface area contributed by atoms with E-state index < -0.39 is 0 Å². The number of rotatable bonds is 5. The third-order valence-electron chi connectivity index (χ3n) is 4.64. The quantitative estimate of drug-likeness (QED) is 0.779. The molecule has 0 amide bonds. The largest absolute Gasteiger partial charge is 0.372 e. The van der Waals surface area contributed by atoms with Crippen LogP contribution in [0.15, 0.2) is 59.4 Å². The molecule has 5 heteroatoms. The Morgan fingerprint density at radius 2 is 1.80 bits per heavy atom. The third-order valence-corrected chi connectivity index (χ3v) is 4.64. The first-order chi connectivity index (χ1) is 12.2. The number of fused-ring (bicyclic) bond motifs is 1. The van der Waals surface area contributed by atoms with Gasteiger partial charge in [0, 0.05) is 26.2 Å². The number of nitrogens with zero attached hydrogens (tertiary/aromatic N) is 2. The van der Waals surface area contributed by atoms with Crippen LogP contribution in [0, 0.1) is 0 Å². The fourth-order valence-electron chi connectivity index (χ4n) is 3.28. The molecule has 0 atom stereocenters. The van der Waals surface area contributed by atoms with Crippen molar-refractivity contribution in [2.24, 2.45) is 7.05 Å². The van der Waals surface area contributed by atoms with E-state index in [1.54, 1.807) is 10.7 Å². The third kappa shape index (κ3) is 3.16. The van der Waals surface area contributed by atoms with Gasteiger partial charge in [-0.3, -0.25) is 9.48 Å². The highest BCUT2D eigenvalue weighted by Crippen LogP contribution is 2.20. The molecule has 2 heterocycles. The van der Waals surface area contributed by atoms with Crippen molar-refractivity contribution in [3.8, 4) is 5.69 Å². The van der Waals surface area contributed by atoms with Crippen LogP contribution in [-0.2, 0) is 38.1 Å². The Bertz CT molecular complexity index is 941. The Morgan fingerprint density at radius 1 is 1.00 bits per heavy atom. The van der Waals surface area contributed by atoms with E-state index in [-0.39, 0.29) is 5.56 Å². The molecule has 1 aliphatic heterocycles. The zero-order valence-electron chi connectivity index (χ0n) is 14.2. The van der Waals surface area contributed by atoms with Crippen molar-refractivity contribution in [2.75, 3.05) is 0 Å². The molecule has 0 fully saturated rings. The number of hydrogen-bond acceptors (Lipinski definition) is 3. The molecule has 4 rings (SSSR count). The van der Waals surface area contributed by atoms with Crippen molar-refractivity contribution in [1.29, 1.82) is 0 Å². The lowest BCUT2D eigenvalue weighted by Gasteiger charge is -2.11. The Hall–Kier alpha value is -2.63. The van der Waals surface area contributed by atoms with Gasteiger partial charge in [-0.2, -0.15) is 0 Å². The lowest BCUT2D eigenvalue weighted by molar-refractivity contribution is 0.134. The van der Waals surface area contributed by atoms with Crippen LogP contribution in [0.3, 0.4) is 0 Å². The van der Waals surface area contributed by atoms with E-state index >= 15 is 0 Å². The summed E-state index contributed by atoms with van der Waals surface area (Å²) in [6.45, 7) is 2.83. The van der Waals surface area contributed by atoms with E-state index in [1.807, 2.05) is 42.1 Å². The summed E-state index contributed by atoms with van der Waals surface area (Å²) in [4.78, 5) is 12.3. The molecular formula is C20H21N3O2. The summed E-state index contributed by atoms with van der Waals surface area (Å²) < 4.78 is 9.04. The highest BCUT2D eigenvalue weighted by molar-refractivity contribution is 5.33. The minimum Gasteiger partial charge on any atom is -0.372 e. The molecule has 0 saturated carbocycles. The molecule has 128 valence electrons. The summed E-state index contributed by atoms with van der Waals surface area (Å²) in [5.74, 6) is 0. The minimum atomic E-state index is -0.0137. The number of ether oxygens (including phenoxy) is 1. The molecule has 2 aromatic carbocycles. The maximum atomic E-state index is 12.3. The van der Waals surface area contributed by atoms with Gasteiger partial charge in [-0.05, 0) is 28.8 Å². The Kier molecular flexibility index (Phi) is 4.26. The lowest BCUT2D eigenvalue weighted by Crippen LogP contribution is -2.20. The van der Waals surface area contributed by atoms with E-state index in [4.69, 9.17) is 4.74 Å². The number of para-hydroxylation sites is 1. The molecule has 1 aliphatic rings. The Balaban J connectivity index is 1.46. The van der Waals surface area contributed by atoms with Gasteiger partial charge in [0.1, 0.15) is 0 Å². The van der Waals surface area contributed by atoms with Gasteiger partial charge in [0.2, 0.25) is 0 Å². The minimum absolute atomic E-state index is 0.0137. The molecule has 0 unspecified atom stereocenters. The van der Waals surface area contributed by atoms with Crippen molar-refractivity contribution in [3.63, 3.8) is 0 Å². The average Bonchev–Trinajstić information content (AvgIpc) is 3.20. The highest BCUT2D eigenvalue weighted by atomic mass is 16.5. The van der Waals surface area contributed by atoms with E-state index in [2.05, 4.69) is 23.5 Å². The number of aromatic nitrogens is 2. The zero-order valence-corrected chi connectivity index (χ0v) is 14.2. The number of hydrogen-bond donors (Lipinski definition) is 1. The van der Waals surface area contributed by atoms with E-state index in [9.17, 15) is 4.79 Å². The molecule has 1 aromatic heterocycles. The molecule has 5 nitrogen and oxygen atoms in total. The predicted octanol–water partition coefficient (Wildman–Crippen LogP) is 2.50. The average molecular weight is 335 g/mol. The van der Waals surface area contributed by atoms with Crippen molar-refractivity contribution < 1.29 is 4.74 Å². The molecule has 3 aromatic rings. The van der Waals surface area contributed by atoms with Crippen LogP contribution >= 0.6 is 0 Å². The molecule has 1 N–H and O–H groups in total. The Labute approximate surface area is 146 Å². The van der Waals surface area contributed by atoms with Crippen molar-refractivity contribution in [2.45, 2.75) is 26.3 Å². The summed E-state index contributed by atoms with van der Waals surface area (Å²) >= 11 is 0. The van der Waals surface area contributed by atoms with Crippen LogP contribution < -0.4 is 10.9 Å². The monoisotopic (exact) mass is 335 g/mol. The summed E-state index contributed by atoms with van der Waals surface area (Å²) in [6, 6.07) is 17.8. The van der Waals surface area contributed by atoms with Crippen LogP contribution in [0.1, 0.15) is 22.4 Å². The van der Waals surface area contributed by atoms with Crippen LogP contribution in [0.4, 0.5) is 0 Å². The molecule has 0 aliphatic carbocycles. The van der Waals surface area contributed by atoms with Crippen molar-refractivity contribution >= 4 is 0 Å². The van der Waals surface area contributed by atoms with Gasteiger partial charge in [0.05, 0.1) is 24.6 Å². The smallest absolute Gasteiger partial charge is 0.271 e. The maximum absolute atomic E-state index is 12.3. The second kappa shape index (κ2) is 6.70. The fraction of sp³-hybridized carbons (Fsp3) is 0.250. The topological polar surface area (TPSA) is 48.2 Å². The fourth-order valence-corrected chi connectivity index (χ4v) is 3.28. The van der Waals surface area contributed by atoms with Gasteiger partial charge < -0.3 is 10.1 Å². The predicted molar refractivity (Wildman–Crippen MR) is 96.5 cm³/mol. The molecular weight excluding hydrogens is 314 g/mol. The summed E-state index contributed by atoms with van der Waals surface area (Å²) in [6.07, 6.45) is 0. The summed E-state index contributed by atoms with van der Waals surface area (Å²) in [7, 11) is 1.91. The van der Waals surface area contributed by atoms with Gasteiger partial charge >= 0.3 is 0 Å². The van der Waals surface area contributed by atoms with Crippen LogP contribution in [0.2, 0.25) is 0 Å². The number of nitrogens with one attached hydrogen (secondary N) is 1. The van der Waals surface area contributed by atoms with Crippen molar-refractivity contribution in [3.05, 3.63) is 87.3 Å². The van der Waals surface area contributed by atoms with Gasteiger partial charge in [-0.15, -0.1) is 0 Å². The molecule has 0 saturated heterocycles. The molecule has 0 spiro atoms. The van der Waals surface area contributed by atoms with E-state index in [0.29, 0.717) is 13.2 Å². The van der Waals surface area contributed by atoms with Crippen molar-refractivity contribution in [1.82, 2.24) is 14.7 Å². The first kappa shape index (κ1) is 15.9. The lowest BCUT2D eigenvalue weighted by atomic mass is 10.1. The summed E-state index contributed by atoms with van der Waals surface area (Å²) in [5.41, 5.74) is 5.61. The molecule has 0 bridgehead atoms. The van der Waals surface area contributed by atoms with Gasteiger partial charge in [0.15, 0.2) is 0 Å². The second-order valence-corrected chi connectivity index (χ2v) is 6.34. The van der Waals surface area contributed by atoms with Gasteiger partial charge in [-0.1, -0.05) is 36.4 Å².